The third kappa shape index (κ3) is 3.55. The van der Waals surface area contributed by atoms with E-state index in [0.29, 0.717) is 6.61 Å². The molecule has 0 spiro atoms. The van der Waals surface area contributed by atoms with Crippen molar-refractivity contribution in [1.82, 2.24) is 4.90 Å². The minimum absolute atomic E-state index is 0.131. The molecule has 0 aromatic heterocycles. The van der Waals surface area contributed by atoms with Gasteiger partial charge in [-0.3, -0.25) is 4.90 Å². The first kappa shape index (κ1) is 14.0. The van der Waals surface area contributed by atoms with Crippen LogP contribution in [0.1, 0.15) is 18.9 Å². The third-order valence-corrected chi connectivity index (χ3v) is 3.52. The Morgan fingerprint density at radius 1 is 1.37 bits per heavy atom. The van der Waals surface area contributed by atoms with Gasteiger partial charge in [0.25, 0.3) is 0 Å². The molecule has 4 nitrogen and oxygen atoms in total. The van der Waals surface area contributed by atoms with Gasteiger partial charge in [-0.2, -0.15) is 0 Å². The molecule has 1 saturated heterocycles. The van der Waals surface area contributed by atoms with Gasteiger partial charge in [0, 0.05) is 26.8 Å². The number of methoxy groups -OCH3 is 1. The van der Waals surface area contributed by atoms with Gasteiger partial charge in [0.05, 0.1) is 0 Å². The highest BCUT2D eigenvalue weighted by Crippen LogP contribution is 2.33. The molecule has 1 aliphatic rings. The second-order valence-corrected chi connectivity index (χ2v) is 5.10. The number of rotatable bonds is 7. The molecule has 1 fully saturated rings. The normalized spacial score (nSPS) is 25.1. The van der Waals surface area contributed by atoms with Crippen molar-refractivity contribution in [1.29, 1.82) is 0 Å². The minimum Gasteiger partial charge on any atom is -0.459 e. The zero-order valence-electron chi connectivity index (χ0n) is 11.6. The summed E-state index contributed by atoms with van der Waals surface area (Å²) in [6.07, 6.45) is 0.943. The molecule has 1 aliphatic heterocycles. The number of hydrogen-bond acceptors (Lipinski definition) is 4. The van der Waals surface area contributed by atoms with E-state index in [2.05, 4.69) is 4.90 Å². The quantitative estimate of drug-likeness (QED) is 0.427. The Kier molecular flexibility index (Phi) is 4.56. The second-order valence-electron chi connectivity index (χ2n) is 5.10. The summed E-state index contributed by atoms with van der Waals surface area (Å²) in [6.45, 7) is 4.68. The van der Waals surface area contributed by atoms with E-state index >= 15 is 0 Å². The summed E-state index contributed by atoms with van der Waals surface area (Å²) >= 11 is 0. The van der Waals surface area contributed by atoms with Crippen molar-refractivity contribution in [3.63, 3.8) is 0 Å². The number of benzene rings is 1. The van der Waals surface area contributed by atoms with Crippen LogP contribution in [0, 0.1) is 0 Å². The average molecular weight is 263 g/mol. The van der Waals surface area contributed by atoms with E-state index in [1.54, 1.807) is 7.11 Å². The summed E-state index contributed by atoms with van der Waals surface area (Å²) in [4.78, 5) is 14.2. The van der Waals surface area contributed by atoms with Gasteiger partial charge in [0.15, 0.2) is 0 Å². The fourth-order valence-electron chi connectivity index (χ4n) is 2.13. The predicted molar refractivity (Wildman–Crippen MR) is 72.7 cm³/mol. The highest BCUT2D eigenvalue weighted by atomic mass is 16.5. The van der Waals surface area contributed by atoms with Crippen molar-refractivity contribution in [2.24, 2.45) is 0 Å². The molecule has 0 bridgehead atoms. The molecule has 2 atom stereocenters. The lowest BCUT2D eigenvalue weighted by Crippen LogP contribution is -2.29. The number of hydrogen-bond donors (Lipinski definition) is 0. The first-order valence-electron chi connectivity index (χ1n) is 6.62. The van der Waals surface area contributed by atoms with Crippen molar-refractivity contribution < 1.29 is 14.3 Å². The van der Waals surface area contributed by atoms with Gasteiger partial charge in [-0.25, -0.2) is 4.79 Å². The Balaban J connectivity index is 1.75. The van der Waals surface area contributed by atoms with Gasteiger partial charge in [0.2, 0.25) is 0 Å². The molecule has 1 unspecified atom stereocenters. The lowest BCUT2D eigenvalue weighted by Gasteiger charge is -2.12. The molecular weight excluding hydrogens is 242 g/mol. The molecule has 0 aliphatic carbocycles. The van der Waals surface area contributed by atoms with E-state index < -0.39 is 5.54 Å². The van der Waals surface area contributed by atoms with Gasteiger partial charge in [-0.1, -0.05) is 30.3 Å². The SMILES string of the molecule is COCCCN1C[C@@]1(C)C(=O)OCc1ccccc1. The number of carbonyl (C=O) groups excluding carboxylic acids is 1. The second kappa shape index (κ2) is 6.17. The molecule has 1 aromatic rings. The van der Waals surface area contributed by atoms with Crippen LogP contribution in [-0.2, 0) is 20.9 Å². The number of carbonyl (C=O) groups is 1. The van der Waals surface area contributed by atoms with Crippen molar-refractivity contribution in [2.75, 3.05) is 26.8 Å². The van der Waals surface area contributed by atoms with Crippen LogP contribution in [-0.4, -0.2) is 43.2 Å². The van der Waals surface area contributed by atoms with E-state index in [1.807, 2.05) is 37.3 Å². The Morgan fingerprint density at radius 2 is 2.11 bits per heavy atom. The van der Waals surface area contributed by atoms with E-state index in [4.69, 9.17) is 9.47 Å². The third-order valence-electron chi connectivity index (χ3n) is 3.52. The molecule has 104 valence electrons. The van der Waals surface area contributed by atoms with Gasteiger partial charge in [0.1, 0.15) is 12.1 Å². The lowest BCUT2D eigenvalue weighted by atomic mass is 10.2. The van der Waals surface area contributed by atoms with Crippen LogP contribution in [0.25, 0.3) is 0 Å². The van der Waals surface area contributed by atoms with Crippen molar-refractivity contribution >= 4 is 5.97 Å². The highest BCUT2D eigenvalue weighted by Gasteiger charge is 2.54. The summed E-state index contributed by atoms with van der Waals surface area (Å²) in [6, 6.07) is 9.75. The summed E-state index contributed by atoms with van der Waals surface area (Å²) in [5, 5.41) is 0. The number of nitrogens with zero attached hydrogens (tertiary/aromatic N) is 1. The zero-order valence-corrected chi connectivity index (χ0v) is 11.6. The maximum Gasteiger partial charge on any atom is 0.327 e. The summed E-state index contributed by atoms with van der Waals surface area (Å²) in [5.41, 5.74) is 0.591. The maximum atomic E-state index is 12.0. The molecule has 0 radical (unpaired) electrons. The largest absolute Gasteiger partial charge is 0.459 e. The van der Waals surface area contributed by atoms with Crippen molar-refractivity contribution in [2.45, 2.75) is 25.5 Å². The molecule has 4 heteroatoms. The number of esters is 1. The van der Waals surface area contributed by atoms with E-state index in [1.165, 1.54) is 0 Å². The predicted octanol–water partition coefficient (Wildman–Crippen LogP) is 1.84. The lowest BCUT2D eigenvalue weighted by molar-refractivity contribution is -0.148. The Labute approximate surface area is 114 Å². The Bertz CT molecular complexity index is 421. The standard InChI is InChI=1S/C15H21NO3/c1-15(12-16(15)9-6-10-18-2)14(17)19-11-13-7-4-3-5-8-13/h3-5,7-8H,6,9-12H2,1-2H3/t15-,16?/m0/s1. The molecule has 2 rings (SSSR count). The molecule has 1 aromatic carbocycles. The topological polar surface area (TPSA) is 38.5 Å². The average Bonchev–Trinajstić information content (AvgIpc) is 3.10. The summed E-state index contributed by atoms with van der Waals surface area (Å²) < 4.78 is 10.4. The maximum absolute atomic E-state index is 12.0. The minimum atomic E-state index is -0.428. The smallest absolute Gasteiger partial charge is 0.327 e. The molecule has 1 heterocycles. The van der Waals surface area contributed by atoms with Gasteiger partial charge >= 0.3 is 5.97 Å². The van der Waals surface area contributed by atoms with Crippen LogP contribution in [0.4, 0.5) is 0 Å². The molecule has 0 amide bonds. The summed E-state index contributed by atoms with van der Waals surface area (Å²) in [5.74, 6) is -0.131. The Hall–Kier alpha value is -1.39. The zero-order chi connectivity index (χ0) is 13.7. The van der Waals surface area contributed by atoms with Gasteiger partial charge in [-0.05, 0) is 18.9 Å². The summed E-state index contributed by atoms with van der Waals surface area (Å²) in [7, 11) is 1.69. The monoisotopic (exact) mass is 263 g/mol. The molecule has 0 saturated carbocycles. The van der Waals surface area contributed by atoms with E-state index in [-0.39, 0.29) is 5.97 Å². The first-order chi connectivity index (χ1) is 9.16. The van der Waals surface area contributed by atoms with Crippen molar-refractivity contribution in [3.05, 3.63) is 35.9 Å². The van der Waals surface area contributed by atoms with Crippen LogP contribution >= 0.6 is 0 Å². The van der Waals surface area contributed by atoms with Gasteiger partial charge < -0.3 is 9.47 Å². The van der Waals surface area contributed by atoms with Gasteiger partial charge in [-0.15, -0.1) is 0 Å². The van der Waals surface area contributed by atoms with E-state index in [9.17, 15) is 4.79 Å². The van der Waals surface area contributed by atoms with Crippen LogP contribution in [0.15, 0.2) is 30.3 Å². The fourth-order valence-corrected chi connectivity index (χ4v) is 2.13. The van der Waals surface area contributed by atoms with E-state index in [0.717, 1.165) is 31.7 Å². The fraction of sp³-hybridized carbons (Fsp3) is 0.533. The van der Waals surface area contributed by atoms with Crippen LogP contribution in [0.2, 0.25) is 0 Å². The molecular formula is C15H21NO3. The molecule has 19 heavy (non-hydrogen) atoms. The van der Waals surface area contributed by atoms with Crippen molar-refractivity contribution in [3.8, 4) is 0 Å². The highest BCUT2D eigenvalue weighted by molar-refractivity contribution is 5.84. The molecule has 0 N–H and O–H groups in total. The van der Waals surface area contributed by atoms with Crippen LogP contribution in [0.5, 0.6) is 0 Å². The van der Waals surface area contributed by atoms with Crippen LogP contribution < -0.4 is 0 Å². The van der Waals surface area contributed by atoms with Crippen LogP contribution in [0.3, 0.4) is 0 Å². The first-order valence-corrected chi connectivity index (χ1v) is 6.62. The Morgan fingerprint density at radius 3 is 2.79 bits per heavy atom. The number of ether oxygens (including phenoxy) is 2.